The van der Waals surface area contributed by atoms with Crippen molar-refractivity contribution in [1.82, 2.24) is 0 Å². The molecule has 11 heavy (non-hydrogen) atoms. The molecule has 0 saturated carbocycles. The Morgan fingerprint density at radius 2 is 2.55 bits per heavy atom. The van der Waals surface area contributed by atoms with Crippen LogP contribution in [0.1, 0.15) is 6.42 Å². The maximum Gasteiger partial charge on any atom is 0.225 e. The Bertz CT molecular complexity index is 248. The van der Waals surface area contributed by atoms with Gasteiger partial charge in [0.2, 0.25) is 6.29 Å². The summed E-state index contributed by atoms with van der Waals surface area (Å²) in [4.78, 5) is 0. The molecule has 2 nitrogen and oxygen atoms in total. The number of hydrogen-bond acceptors (Lipinski definition) is 2. The number of rotatable bonds is 1. The van der Waals surface area contributed by atoms with Crippen LogP contribution in [0.3, 0.4) is 0 Å². The fourth-order valence-electron chi connectivity index (χ4n) is 1.34. The average molecular weight is 150 g/mol. The van der Waals surface area contributed by atoms with Crippen LogP contribution in [0.5, 0.6) is 0 Å². The second-order valence-corrected chi connectivity index (χ2v) is 2.60. The Hall–Kier alpha value is -1.02. The third kappa shape index (κ3) is 0.994. The molecule has 0 spiro atoms. The predicted molar refractivity (Wildman–Crippen MR) is 41.8 cm³/mol. The van der Waals surface area contributed by atoms with E-state index in [-0.39, 0.29) is 6.29 Å². The molecule has 1 heterocycles. The molecule has 0 fully saturated rings. The molecule has 2 rings (SSSR count). The van der Waals surface area contributed by atoms with Gasteiger partial charge >= 0.3 is 0 Å². The molecule has 1 aliphatic heterocycles. The summed E-state index contributed by atoms with van der Waals surface area (Å²) in [6, 6.07) is 0. The Balaban J connectivity index is 2.27. The fraction of sp³-hybridized carbons (Fsp3) is 0.333. The first-order chi connectivity index (χ1) is 5.42. The van der Waals surface area contributed by atoms with Gasteiger partial charge in [0.25, 0.3) is 0 Å². The minimum Gasteiger partial charge on any atom is -0.468 e. The van der Waals surface area contributed by atoms with Crippen molar-refractivity contribution in [2.24, 2.45) is 0 Å². The van der Waals surface area contributed by atoms with Crippen LogP contribution in [-0.2, 0) is 9.47 Å². The van der Waals surface area contributed by atoms with Crippen LogP contribution in [0.15, 0.2) is 35.6 Å². The summed E-state index contributed by atoms with van der Waals surface area (Å²) in [6.07, 6.45) is 8.76. The van der Waals surface area contributed by atoms with Crippen molar-refractivity contribution in [3.05, 3.63) is 35.6 Å². The van der Waals surface area contributed by atoms with Gasteiger partial charge < -0.3 is 9.47 Å². The van der Waals surface area contributed by atoms with Gasteiger partial charge in [-0.15, -0.1) is 0 Å². The molecule has 0 aromatic rings. The third-order valence-corrected chi connectivity index (χ3v) is 1.92. The number of allylic oxidation sites excluding steroid dienone is 3. The summed E-state index contributed by atoms with van der Waals surface area (Å²) in [7, 11) is 1.65. The second-order valence-electron chi connectivity index (χ2n) is 2.60. The van der Waals surface area contributed by atoms with E-state index in [2.05, 4.69) is 6.08 Å². The topological polar surface area (TPSA) is 18.5 Å². The van der Waals surface area contributed by atoms with Gasteiger partial charge in [-0.3, -0.25) is 0 Å². The van der Waals surface area contributed by atoms with Crippen molar-refractivity contribution in [2.75, 3.05) is 7.11 Å². The van der Waals surface area contributed by atoms with Crippen molar-refractivity contribution >= 4 is 0 Å². The zero-order valence-corrected chi connectivity index (χ0v) is 6.41. The Morgan fingerprint density at radius 1 is 1.64 bits per heavy atom. The summed E-state index contributed by atoms with van der Waals surface area (Å²) in [6.45, 7) is 0. The van der Waals surface area contributed by atoms with Crippen LogP contribution in [0.4, 0.5) is 0 Å². The van der Waals surface area contributed by atoms with Crippen molar-refractivity contribution in [2.45, 2.75) is 12.7 Å². The minimum absolute atomic E-state index is 0.171. The predicted octanol–water partition coefficient (Wildman–Crippen LogP) is 1.76. The normalized spacial score (nSPS) is 27.2. The Kier molecular flexibility index (Phi) is 1.55. The molecular formula is C9H10O2. The quantitative estimate of drug-likeness (QED) is 0.567. The summed E-state index contributed by atoms with van der Waals surface area (Å²) >= 11 is 0. The SMILES string of the molecule is COC1OC=C2CC=CC=C21. The highest BCUT2D eigenvalue weighted by Gasteiger charge is 2.24. The van der Waals surface area contributed by atoms with Crippen molar-refractivity contribution in [3.63, 3.8) is 0 Å². The summed E-state index contributed by atoms with van der Waals surface area (Å²) in [5.74, 6) is 0. The first kappa shape index (κ1) is 6.68. The van der Waals surface area contributed by atoms with E-state index in [1.807, 2.05) is 12.2 Å². The first-order valence-electron chi connectivity index (χ1n) is 3.66. The van der Waals surface area contributed by atoms with Gasteiger partial charge in [0.15, 0.2) is 0 Å². The lowest BCUT2D eigenvalue weighted by atomic mass is 10.0. The molecule has 0 N–H and O–H groups in total. The number of methoxy groups -OCH3 is 1. The van der Waals surface area contributed by atoms with Crippen LogP contribution in [0.2, 0.25) is 0 Å². The zero-order chi connectivity index (χ0) is 7.68. The van der Waals surface area contributed by atoms with Crippen LogP contribution in [-0.4, -0.2) is 13.4 Å². The molecule has 0 aromatic heterocycles. The molecule has 2 aliphatic rings. The number of ether oxygens (including phenoxy) is 2. The number of fused-ring (bicyclic) bond motifs is 1. The highest BCUT2D eigenvalue weighted by molar-refractivity contribution is 5.42. The van der Waals surface area contributed by atoms with Gasteiger partial charge in [-0.2, -0.15) is 0 Å². The van der Waals surface area contributed by atoms with Crippen LogP contribution < -0.4 is 0 Å². The molecule has 0 aromatic carbocycles. The average Bonchev–Trinajstić information content (AvgIpc) is 2.47. The summed E-state index contributed by atoms with van der Waals surface area (Å²) < 4.78 is 10.4. The lowest BCUT2D eigenvalue weighted by Gasteiger charge is -2.12. The minimum atomic E-state index is -0.171. The molecule has 0 amide bonds. The summed E-state index contributed by atoms with van der Waals surface area (Å²) in [5, 5.41) is 0. The highest BCUT2D eigenvalue weighted by Crippen LogP contribution is 2.30. The van der Waals surface area contributed by atoms with Crippen LogP contribution >= 0.6 is 0 Å². The lowest BCUT2D eigenvalue weighted by Crippen LogP contribution is -2.11. The van der Waals surface area contributed by atoms with E-state index >= 15 is 0 Å². The monoisotopic (exact) mass is 150 g/mol. The Morgan fingerprint density at radius 3 is 3.36 bits per heavy atom. The molecule has 58 valence electrons. The maximum absolute atomic E-state index is 5.26. The smallest absolute Gasteiger partial charge is 0.225 e. The van der Waals surface area contributed by atoms with Crippen molar-refractivity contribution in [3.8, 4) is 0 Å². The first-order valence-corrected chi connectivity index (χ1v) is 3.66. The molecular weight excluding hydrogens is 140 g/mol. The molecule has 1 atom stereocenters. The molecule has 0 saturated heterocycles. The van der Waals surface area contributed by atoms with Gasteiger partial charge in [-0.1, -0.05) is 18.2 Å². The zero-order valence-electron chi connectivity index (χ0n) is 6.41. The van der Waals surface area contributed by atoms with E-state index in [0.29, 0.717) is 0 Å². The van der Waals surface area contributed by atoms with Gasteiger partial charge in [-0.05, 0) is 12.0 Å². The molecule has 1 unspecified atom stereocenters. The van der Waals surface area contributed by atoms with Gasteiger partial charge in [-0.25, -0.2) is 0 Å². The van der Waals surface area contributed by atoms with Crippen LogP contribution in [0, 0.1) is 0 Å². The summed E-state index contributed by atoms with van der Waals surface area (Å²) in [5.41, 5.74) is 2.40. The van der Waals surface area contributed by atoms with E-state index in [1.54, 1.807) is 13.4 Å². The van der Waals surface area contributed by atoms with E-state index < -0.39 is 0 Å². The van der Waals surface area contributed by atoms with Gasteiger partial charge in [0.05, 0.1) is 6.26 Å². The second kappa shape index (κ2) is 2.55. The highest BCUT2D eigenvalue weighted by atomic mass is 16.7. The van der Waals surface area contributed by atoms with E-state index in [9.17, 15) is 0 Å². The maximum atomic E-state index is 5.26. The Labute approximate surface area is 65.8 Å². The van der Waals surface area contributed by atoms with E-state index in [0.717, 1.165) is 12.0 Å². The number of hydrogen-bond donors (Lipinski definition) is 0. The van der Waals surface area contributed by atoms with Crippen LogP contribution in [0.25, 0.3) is 0 Å². The largest absolute Gasteiger partial charge is 0.468 e. The van der Waals surface area contributed by atoms with E-state index in [1.165, 1.54) is 5.57 Å². The van der Waals surface area contributed by atoms with Crippen molar-refractivity contribution in [1.29, 1.82) is 0 Å². The third-order valence-electron chi connectivity index (χ3n) is 1.92. The molecule has 2 heteroatoms. The molecule has 0 radical (unpaired) electrons. The molecule has 1 aliphatic carbocycles. The van der Waals surface area contributed by atoms with E-state index in [4.69, 9.17) is 9.47 Å². The fourth-order valence-corrected chi connectivity index (χ4v) is 1.34. The van der Waals surface area contributed by atoms with Gasteiger partial charge in [0.1, 0.15) is 0 Å². The lowest BCUT2D eigenvalue weighted by molar-refractivity contribution is -0.0422. The standard InChI is InChI=1S/C9H10O2/c1-10-9-8-5-3-2-4-7(8)6-11-9/h2-3,5-6,9H,4H2,1H3. The van der Waals surface area contributed by atoms with Crippen molar-refractivity contribution < 1.29 is 9.47 Å². The molecule has 0 bridgehead atoms. The van der Waals surface area contributed by atoms with Gasteiger partial charge in [0, 0.05) is 12.7 Å².